The number of halogens is 2. The molecule has 0 saturated heterocycles. The number of ether oxygens (including phenoxy) is 2. The molecule has 1 heterocycles. The molecule has 0 unspecified atom stereocenters. The summed E-state index contributed by atoms with van der Waals surface area (Å²) in [6.07, 6.45) is 0. The zero-order chi connectivity index (χ0) is 13.8. The molecule has 0 amide bonds. The molecule has 6 heteroatoms. The topological polar surface area (TPSA) is 43.6 Å². The molecule has 102 valence electrons. The van der Waals surface area contributed by atoms with Crippen LogP contribution in [-0.4, -0.2) is 14.2 Å². The van der Waals surface area contributed by atoms with Crippen LogP contribution in [0.1, 0.15) is 5.76 Å². The van der Waals surface area contributed by atoms with Crippen LogP contribution in [0.2, 0.25) is 0 Å². The Morgan fingerprint density at radius 2 is 1.84 bits per heavy atom. The summed E-state index contributed by atoms with van der Waals surface area (Å²) in [6, 6.07) is 7.58. The third-order valence-electron chi connectivity index (χ3n) is 2.55. The van der Waals surface area contributed by atoms with E-state index < -0.39 is 0 Å². The molecule has 4 nitrogen and oxygen atoms in total. The fourth-order valence-corrected chi connectivity index (χ4v) is 2.27. The van der Waals surface area contributed by atoms with Crippen molar-refractivity contribution >= 4 is 37.5 Å². The van der Waals surface area contributed by atoms with Crippen LogP contribution in [0.4, 0.5) is 5.69 Å². The van der Waals surface area contributed by atoms with Gasteiger partial charge in [-0.2, -0.15) is 0 Å². The van der Waals surface area contributed by atoms with Gasteiger partial charge in [0.05, 0.1) is 25.2 Å². The van der Waals surface area contributed by atoms with E-state index in [1.54, 1.807) is 14.2 Å². The second-order valence-corrected chi connectivity index (χ2v) is 5.33. The summed E-state index contributed by atoms with van der Waals surface area (Å²) in [5, 5.41) is 3.26. The molecule has 2 rings (SSSR count). The number of hydrogen-bond donors (Lipinski definition) is 1. The van der Waals surface area contributed by atoms with Crippen LogP contribution in [0.5, 0.6) is 11.5 Å². The zero-order valence-corrected chi connectivity index (χ0v) is 13.7. The normalized spacial score (nSPS) is 10.3. The van der Waals surface area contributed by atoms with E-state index in [0.717, 1.165) is 15.9 Å². The molecule has 19 heavy (non-hydrogen) atoms. The van der Waals surface area contributed by atoms with E-state index in [2.05, 4.69) is 37.2 Å². The van der Waals surface area contributed by atoms with Gasteiger partial charge in [-0.25, -0.2) is 0 Å². The van der Waals surface area contributed by atoms with E-state index >= 15 is 0 Å². The number of furan rings is 1. The standard InChI is InChI=1S/C13H13Br2NO3/c1-17-11-4-3-8(5-12(11)18-2)16-7-9-6-10(14)13(15)19-9/h3-6,16H,7H2,1-2H3. The van der Waals surface area contributed by atoms with Crippen molar-refractivity contribution in [3.05, 3.63) is 39.2 Å². The maximum absolute atomic E-state index is 5.49. The Morgan fingerprint density at radius 1 is 1.11 bits per heavy atom. The van der Waals surface area contributed by atoms with E-state index in [9.17, 15) is 0 Å². The summed E-state index contributed by atoms with van der Waals surface area (Å²) in [5.41, 5.74) is 0.932. The first kappa shape index (κ1) is 14.3. The number of nitrogens with one attached hydrogen (secondary N) is 1. The minimum atomic E-state index is 0.583. The van der Waals surface area contributed by atoms with Crippen LogP contribution < -0.4 is 14.8 Å². The highest BCUT2D eigenvalue weighted by molar-refractivity contribution is 9.13. The third-order valence-corrected chi connectivity index (χ3v) is 4.26. The average Bonchev–Trinajstić information content (AvgIpc) is 2.75. The lowest BCUT2D eigenvalue weighted by Crippen LogP contribution is -1.99. The van der Waals surface area contributed by atoms with E-state index in [4.69, 9.17) is 13.9 Å². The molecule has 1 aromatic carbocycles. The molecule has 0 aliphatic rings. The molecule has 0 saturated carbocycles. The molecular weight excluding hydrogens is 378 g/mol. The van der Waals surface area contributed by atoms with Crippen LogP contribution in [0, 0.1) is 0 Å². The number of hydrogen-bond acceptors (Lipinski definition) is 4. The first-order chi connectivity index (χ1) is 9.13. The van der Waals surface area contributed by atoms with Crippen LogP contribution in [0.15, 0.2) is 37.8 Å². The number of benzene rings is 1. The van der Waals surface area contributed by atoms with Gasteiger partial charge in [-0.1, -0.05) is 0 Å². The zero-order valence-electron chi connectivity index (χ0n) is 10.5. The third kappa shape index (κ3) is 3.45. The van der Waals surface area contributed by atoms with Crippen molar-refractivity contribution in [1.29, 1.82) is 0 Å². The van der Waals surface area contributed by atoms with Crippen LogP contribution in [-0.2, 0) is 6.54 Å². The Balaban J connectivity index is 2.07. The lowest BCUT2D eigenvalue weighted by molar-refractivity contribution is 0.355. The van der Waals surface area contributed by atoms with Gasteiger partial charge in [-0.3, -0.25) is 0 Å². The number of rotatable bonds is 5. The molecule has 0 atom stereocenters. The van der Waals surface area contributed by atoms with Gasteiger partial charge in [-0.05, 0) is 50.1 Å². The Bertz CT molecular complexity index is 550. The van der Waals surface area contributed by atoms with Crippen molar-refractivity contribution in [2.45, 2.75) is 6.54 Å². The summed E-state index contributed by atoms with van der Waals surface area (Å²) in [4.78, 5) is 0. The van der Waals surface area contributed by atoms with Crippen molar-refractivity contribution in [1.82, 2.24) is 0 Å². The van der Waals surface area contributed by atoms with Gasteiger partial charge < -0.3 is 19.2 Å². The van der Waals surface area contributed by atoms with Crippen molar-refractivity contribution in [3.63, 3.8) is 0 Å². The summed E-state index contributed by atoms with van der Waals surface area (Å²) >= 11 is 6.69. The molecule has 1 aromatic heterocycles. The first-order valence-electron chi connectivity index (χ1n) is 5.53. The highest BCUT2D eigenvalue weighted by atomic mass is 79.9. The lowest BCUT2D eigenvalue weighted by atomic mass is 10.2. The fourth-order valence-electron chi connectivity index (χ4n) is 1.61. The number of methoxy groups -OCH3 is 2. The molecule has 0 aliphatic heterocycles. The van der Waals surface area contributed by atoms with Crippen molar-refractivity contribution in [2.24, 2.45) is 0 Å². The van der Waals surface area contributed by atoms with Gasteiger partial charge in [0, 0.05) is 11.8 Å². The predicted octanol–water partition coefficient (Wildman–Crippen LogP) is 4.43. The first-order valence-corrected chi connectivity index (χ1v) is 7.12. The second kappa shape index (κ2) is 6.34. The largest absolute Gasteiger partial charge is 0.493 e. The van der Waals surface area contributed by atoms with E-state index in [1.807, 2.05) is 24.3 Å². The van der Waals surface area contributed by atoms with Crippen LogP contribution in [0.3, 0.4) is 0 Å². The van der Waals surface area contributed by atoms with Gasteiger partial charge in [0.15, 0.2) is 16.2 Å². The van der Waals surface area contributed by atoms with Gasteiger partial charge in [0.1, 0.15) is 5.76 Å². The van der Waals surface area contributed by atoms with Crippen molar-refractivity contribution in [2.75, 3.05) is 19.5 Å². The highest BCUT2D eigenvalue weighted by Crippen LogP contribution is 2.31. The van der Waals surface area contributed by atoms with Gasteiger partial charge in [0.25, 0.3) is 0 Å². The quantitative estimate of drug-likeness (QED) is 0.819. The minimum absolute atomic E-state index is 0.583. The molecule has 0 spiro atoms. The monoisotopic (exact) mass is 389 g/mol. The lowest BCUT2D eigenvalue weighted by Gasteiger charge is -2.10. The Morgan fingerprint density at radius 3 is 2.42 bits per heavy atom. The van der Waals surface area contributed by atoms with Crippen LogP contribution >= 0.6 is 31.9 Å². The Labute approximate surface area is 128 Å². The smallest absolute Gasteiger partial charge is 0.183 e. The fraction of sp³-hybridized carbons (Fsp3) is 0.231. The SMILES string of the molecule is COc1ccc(NCc2cc(Br)c(Br)o2)cc1OC. The van der Waals surface area contributed by atoms with Crippen LogP contribution in [0.25, 0.3) is 0 Å². The summed E-state index contributed by atoms with van der Waals surface area (Å²) in [6.45, 7) is 0.583. The molecule has 1 N–H and O–H groups in total. The van der Waals surface area contributed by atoms with Crippen molar-refractivity contribution in [3.8, 4) is 11.5 Å². The molecule has 0 aliphatic carbocycles. The second-order valence-electron chi connectivity index (χ2n) is 3.76. The van der Waals surface area contributed by atoms with Gasteiger partial charge in [-0.15, -0.1) is 0 Å². The molecular formula is C13H13Br2NO3. The summed E-state index contributed by atoms with van der Waals surface area (Å²) < 4.78 is 17.5. The van der Waals surface area contributed by atoms with E-state index in [-0.39, 0.29) is 0 Å². The minimum Gasteiger partial charge on any atom is -0.493 e. The Hall–Kier alpha value is -1.14. The Kier molecular flexibility index (Phi) is 4.76. The average molecular weight is 391 g/mol. The molecule has 2 aromatic rings. The number of anilines is 1. The molecule has 0 fully saturated rings. The van der Waals surface area contributed by atoms with Crippen molar-refractivity contribution < 1.29 is 13.9 Å². The summed E-state index contributed by atoms with van der Waals surface area (Å²) in [5.74, 6) is 2.22. The predicted molar refractivity (Wildman–Crippen MR) is 81.0 cm³/mol. The highest BCUT2D eigenvalue weighted by Gasteiger charge is 2.07. The molecule has 0 bridgehead atoms. The summed E-state index contributed by atoms with van der Waals surface area (Å²) in [7, 11) is 3.23. The van der Waals surface area contributed by atoms with E-state index in [0.29, 0.717) is 22.7 Å². The van der Waals surface area contributed by atoms with E-state index in [1.165, 1.54) is 0 Å². The molecule has 0 radical (unpaired) electrons. The maximum Gasteiger partial charge on any atom is 0.183 e. The van der Waals surface area contributed by atoms with Gasteiger partial charge in [0.2, 0.25) is 0 Å². The maximum atomic E-state index is 5.49. The van der Waals surface area contributed by atoms with Gasteiger partial charge >= 0.3 is 0 Å².